The smallest absolute Gasteiger partial charge is 0.330 e. The van der Waals surface area contributed by atoms with Gasteiger partial charge in [0.05, 0.1) is 23.1 Å². The van der Waals surface area contributed by atoms with Crippen LogP contribution in [0.5, 0.6) is 0 Å². The van der Waals surface area contributed by atoms with Crippen molar-refractivity contribution in [1.29, 1.82) is 0 Å². The molecule has 0 atom stereocenters. The highest BCUT2D eigenvalue weighted by atomic mass is 32.1. The molecule has 0 N–H and O–H groups in total. The Kier molecular flexibility index (Phi) is 8.88. The number of carbonyl (C=O) groups excluding carboxylic acids is 3. The van der Waals surface area contributed by atoms with Crippen LogP contribution in [0.2, 0.25) is 0 Å². The highest BCUT2D eigenvalue weighted by Crippen LogP contribution is 2.36. The summed E-state index contributed by atoms with van der Waals surface area (Å²) < 4.78 is 11.4. The Labute approximate surface area is 258 Å². The standard InChI is InChI=1S/C34H30N5O4S/c40-28-17-18-29(41)39(28)43-30(42)14-8-3-9-21-38-22-19-24(20-23-38)15-16-27-31(25-10-4-1-5-11-25)33-34(37-44-36-33)32(35-27)26-12-6-2-7-13-26/h1-2,4-7,10-13,15-16,19-20,22-23H,3,8-9,14,17-18,21H2/q+1/b16-15+. The van der Waals surface area contributed by atoms with Crippen LogP contribution in [0, 0.1) is 0 Å². The summed E-state index contributed by atoms with van der Waals surface area (Å²) in [4.78, 5) is 45.2. The van der Waals surface area contributed by atoms with Crippen molar-refractivity contribution in [3.8, 4) is 22.4 Å². The maximum absolute atomic E-state index is 12.0. The predicted molar refractivity (Wildman–Crippen MR) is 167 cm³/mol. The number of unbranched alkanes of at least 4 members (excludes halogenated alkanes) is 2. The van der Waals surface area contributed by atoms with Crippen LogP contribution in [-0.4, -0.2) is 36.6 Å². The third-order valence-corrected chi connectivity index (χ3v) is 7.92. The molecule has 1 fully saturated rings. The molecule has 1 saturated heterocycles. The minimum Gasteiger partial charge on any atom is -0.330 e. The van der Waals surface area contributed by atoms with Gasteiger partial charge in [-0.3, -0.25) is 9.59 Å². The summed E-state index contributed by atoms with van der Waals surface area (Å²) in [6.07, 6.45) is 10.8. The van der Waals surface area contributed by atoms with Gasteiger partial charge in [-0.25, -0.2) is 14.3 Å². The van der Waals surface area contributed by atoms with Crippen molar-refractivity contribution in [2.75, 3.05) is 0 Å². The molecule has 0 unspecified atom stereocenters. The molecule has 1 aliphatic heterocycles. The van der Waals surface area contributed by atoms with E-state index < -0.39 is 17.8 Å². The molecule has 2 amide bonds. The quantitative estimate of drug-likeness (QED) is 0.103. The Hall–Kier alpha value is -5.09. The number of imide groups is 1. The summed E-state index contributed by atoms with van der Waals surface area (Å²) >= 11 is 1.20. The van der Waals surface area contributed by atoms with E-state index in [9.17, 15) is 14.4 Å². The molecule has 1 aliphatic rings. The van der Waals surface area contributed by atoms with Gasteiger partial charge in [-0.1, -0.05) is 66.7 Å². The van der Waals surface area contributed by atoms with Gasteiger partial charge in [0.25, 0.3) is 11.8 Å². The molecule has 0 spiro atoms. The van der Waals surface area contributed by atoms with Crippen molar-refractivity contribution in [3.05, 3.63) is 96.4 Å². The Bertz CT molecular complexity index is 1810. The van der Waals surface area contributed by atoms with Crippen LogP contribution in [-0.2, 0) is 25.8 Å². The van der Waals surface area contributed by atoms with Gasteiger partial charge >= 0.3 is 5.97 Å². The van der Waals surface area contributed by atoms with Crippen molar-refractivity contribution in [2.45, 2.75) is 45.1 Å². The Morgan fingerprint density at radius 3 is 2.18 bits per heavy atom. The van der Waals surface area contributed by atoms with E-state index in [2.05, 4.69) is 43.7 Å². The first-order valence-corrected chi connectivity index (χ1v) is 15.3. The molecule has 2 aromatic carbocycles. The first-order chi connectivity index (χ1) is 21.6. The van der Waals surface area contributed by atoms with Crippen LogP contribution in [0.25, 0.3) is 45.6 Å². The number of benzene rings is 2. The van der Waals surface area contributed by atoms with Gasteiger partial charge < -0.3 is 4.84 Å². The number of hydroxylamine groups is 2. The minimum atomic E-state index is -0.552. The molecule has 0 radical (unpaired) electrons. The van der Waals surface area contributed by atoms with Crippen molar-refractivity contribution in [1.82, 2.24) is 18.8 Å². The SMILES string of the molecule is O=C(CCCCC[n+]1ccc(/C=C/c2nc(-c3ccccc3)c3nsnc3c2-c2ccccc2)cc1)ON1C(=O)CCC1=O. The number of rotatable bonds is 11. The summed E-state index contributed by atoms with van der Waals surface area (Å²) in [6.45, 7) is 0.801. The molecular weight excluding hydrogens is 574 g/mol. The van der Waals surface area contributed by atoms with Gasteiger partial charge in [0.2, 0.25) is 0 Å². The lowest BCUT2D eigenvalue weighted by molar-refractivity contribution is -0.697. The summed E-state index contributed by atoms with van der Waals surface area (Å²) in [5.74, 6) is -1.47. The van der Waals surface area contributed by atoms with Gasteiger partial charge in [-0.15, -0.1) is 5.06 Å². The topological polar surface area (TPSA) is 106 Å². The molecule has 6 rings (SSSR count). The molecule has 0 bridgehead atoms. The number of pyridine rings is 2. The fourth-order valence-electron chi connectivity index (χ4n) is 5.12. The number of aromatic nitrogens is 4. The fraction of sp³-hybridized carbons (Fsp3) is 0.206. The molecule has 3 aromatic heterocycles. The van der Waals surface area contributed by atoms with Crippen molar-refractivity contribution < 1.29 is 23.8 Å². The van der Waals surface area contributed by atoms with E-state index in [1.54, 1.807) is 0 Å². The van der Waals surface area contributed by atoms with E-state index in [1.807, 2.05) is 67.0 Å². The van der Waals surface area contributed by atoms with E-state index in [0.717, 1.165) is 64.1 Å². The zero-order chi connectivity index (χ0) is 30.3. The largest absolute Gasteiger partial charge is 0.333 e. The molecule has 4 heterocycles. The van der Waals surface area contributed by atoms with Gasteiger partial charge in [0.1, 0.15) is 17.6 Å². The van der Waals surface area contributed by atoms with Gasteiger partial charge in [-0.05, 0) is 30.0 Å². The van der Waals surface area contributed by atoms with Crippen molar-refractivity contribution in [2.24, 2.45) is 0 Å². The zero-order valence-electron chi connectivity index (χ0n) is 24.0. The van der Waals surface area contributed by atoms with Gasteiger partial charge in [0.15, 0.2) is 12.4 Å². The Morgan fingerprint density at radius 1 is 0.818 bits per heavy atom. The summed E-state index contributed by atoms with van der Waals surface area (Å²) in [6, 6.07) is 24.3. The third kappa shape index (κ3) is 6.60. The molecule has 0 saturated carbocycles. The Morgan fingerprint density at radius 2 is 1.48 bits per heavy atom. The highest BCUT2D eigenvalue weighted by Gasteiger charge is 2.32. The second-order valence-corrected chi connectivity index (χ2v) is 11.0. The lowest BCUT2D eigenvalue weighted by atomic mass is 9.99. The van der Waals surface area contributed by atoms with Crippen LogP contribution >= 0.6 is 11.7 Å². The number of hydrogen-bond donors (Lipinski definition) is 0. The van der Waals surface area contributed by atoms with Gasteiger partial charge in [0, 0.05) is 48.9 Å². The van der Waals surface area contributed by atoms with E-state index >= 15 is 0 Å². The maximum Gasteiger partial charge on any atom is 0.333 e. The van der Waals surface area contributed by atoms with E-state index in [1.165, 1.54) is 11.7 Å². The monoisotopic (exact) mass is 604 g/mol. The average Bonchev–Trinajstić information content (AvgIpc) is 3.67. The average molecular weight is 605 g/mol. The highest BCUT2D eigenvalue weighted by molar-refractivity contribution is 7.00. The normalized spacial score (nSPS) is 13.3. The molecule has 0 aliphatic carbocycles. The zero-order valence-corrected chi connectivity index (χ0v) is 24.8. The molecule has 9 nitrogen and oxygen atoms in total. The number of fused-ring (bicyclic) bond motifs is 1. The Balaban J connectivity index is 1.12. The summed E-state index contributed by atoms with van der Waals surface area (Å²) in [5, 5.41) is 0.601. The lowest BCUT2D eigenvalue weighted by Gasteiger charge is -2.12. The summed E-state index contributed by atoms with van der Waals surface area (Å²) in [7, 11) is 0. The van der Waals surface area contributed by atoms with Crippen LogP contribution in [0.1, 0.15) is 49.8 Å². The second kappa shape index (κ2) is 13.5. The number of carbonyl (C=O) groups is 3. The fourth-order valence-corrected chi connectivity index (χ4v) is 5.67. The second-order valence-electron chi connectivity index (χ2n) is 10.5. The van der Waals surface area contributed by atoms with Crippen LogP contribution in [0.15, 0.2) is 85.2 Å². The molecular formula is C34H30N5O4S+. The lowest BCUT2D eigenvalue weighted by Crippen LogP contribution is -2.32. The number of amides is 2. The molecule has 44 heavy (non-hydrogen) atoms. The first-order valence-electron chi connectivity index (χ1n) is 14.6. The van der Waals surface area contributed by atoms with Crippen molar-refractivity contribution in [3.63, 3.8) is 0 Å². The first kappa shape index (κ1) is 29.0. The third-order valence-electron chi connectivity index (χ3n) is 7.39. The number of nitrogens with zero attached hydrogens (tertiary/aromatic N) is 5. The summed E-state index contributed by atoms with van der Waals surface area (Å²) in [5.41, 5.74) is 7.30. The van der Waals surface area contributed by atoms with Crippen LogP contribution in [0.3, 0.4) is 0 Å². The van der Waals surface area contributed by atoms with E-state index in [4.69, 9.17) is 9.82 Å². The molecule has 10 heteroatoms. The molecule has 220 valence electrons. The van der Waals surface area contributed by atoms with E-state index in [-0.39, 0.29) is 19.3 Å². The minimum absolute atomic E-state index is 0.0960. The van der Waals surface area contributed by atoms with Crippen LogP contribution in [0.4, 0.5) is 0 Å². The van der Waals surface area contributed by atoms with E-state index in [0.29, 0.717) is 11.5 Å². The number of aryl methyl sites for hydroxylation is 1. The predicted octanol–water partition coefficient (Wildman–Crippen LogP) is 6.05. The molecule has 5 aromatic rings. The van der Waals surface area contributed by atoms with Crippen molar-refractivity contribution >= 4 is 52.7 Å². The van der Waals surface area contributed by atoms with Crippen LogP contribution < -0.4 is 4.57 Å². The number of hydrogen-bond acceptors (Lipinski definition) is 8. The maximum atomic E-state index is 12.0. The van der Waals surface area contributed by atoms with Gasteiger partial charge in [-0.2, -0.15) is 8.75 Å².